The molecule has 0 aromatic carbocycles. The van der Waals surface area contributed by atoms with Crippen molar-refractivity contribution in [3.8, 4) is 11.1 Å². The first-order chi connectivity index (χ1) is 17.2. The molecule has 0 amide bonds. The third-order valence-corrected chi connectivity index (χ3v) is 4.23. The van der Waals surface area contributed by atoms with Crippen molar-refractivity contribution in [3.05, 3.63) is 108 Å². The van der Waals surface area contributed by atoms with Crippen molar-refractivity contribution in [1.82, 2.24) is 9.97 Å². The Bertz CT molecular complexity index is 1180. The molecule has 0 atom stereocenters. The highest BCUT2D eigenvalue weighted by molar-refractivity contribution is 5.99. The van der Waals surface area contributed by atoms with E-state index >= 15 is 0 Å². The molecule has 0 aliphatic carbocycles. The van der Waals surface area contributed by atoms with Crippen molar-refractivity contribution in [2.45, 2.75) is 0 Å². The molecule has 4 aromatic rings. The number of rotatable bonds is 5. The number of aromatic amines is 2. The van der Waals surface area contributed by atoms with Crippen LogP contribution in [0.15, 0.2) is 85.7 Å². The maximum absolute atomic E-state index is 10.4. The molecule has 12 nitrogen and oxygen atoms in total. The Kier molecular flexibility index (Phi) is 9.84. The molecule has 0 saturated carbocycles. The third kappa shape index (κ3) is 7.81. The van der Waals surface area contributed by atoms with Gasteiger partial charge >= 0.3 is 11.9 Å². The van der Waals surface area contributed by atoms with Crippen LogP contribution in [0.1, 0.15) is 41.7 Å². The first-order valence-corrected chi connectivity index (χ1v) is 9.94. The molecule has 0 fully saturated rings. The van der Waals surface area contributed by atoms with Crippen LogP contribution in [-0.4, -0.2) is 44.1 Å². The molecule has 0 radical (unpaired) electrons. The van der Waals surface area contributed by atoms with E-state index in [0.29, 0.717) is 0 Å². The number of carbonyl (C=O) groups excluding carboxylic acids is 2. The van der Waals surface area contributed by atoms with Gasteiger partial charge in [-0.1, -0.05) is 0 Å². The van der Waals surface area contributed by atoms with Crippen molar-refractivity contribution in [1.29, 1.82) is 0 Å². The zero-order valence-corrected chi connectivity index (χ0v) is 18.3. The predicted molar refractivity (Wildman–Crippen MR) is 116 cm³/mol. The van der Waals surface area contributed by atoms with E-state index in [1.165, 1.54) is 35.7 Å². The molecule has 0 unspecified atom stereocenters. The summed E-state index contributed by atoms with van der Waals surface area (Å²) in [4.78, 5) is 54.1. The standard InChI is InChI=1S/C10H8N2.2C7H5NO4/c1-5-11-6-2-9(1)10-3-7-12-8-4-10;2*9-6(10)4-2-1-3-8-5(4)7(11)12/h1-8H;2*1-3H,(H,9,10)(H,11,12). The van der Waals surface area contributed by atoms with Gasteiger partial charge in [-0.2, -0.15) is 0 Å². The summed E-state index contributed by atoms with van der Waals surface area (Å²) in [6.07, 6.45) is 10.1. The van der Waals surface area contributed by atoms with E-state index < -0.39 is 46.4 Å². The average Bonchev–Trinajstić information content (AvgIpc) is 2.90. The molecule has 0 aliphatic heterocycles. The Morgan fingerprint density at radius 3 is 1.19 bits per heavy atom. The fraction of sp³-hybridized carbons (Fsp3) is 0. The Balaban J connectivity index is 0.000000190. The molecule has 12 heteroatoms. The summed E-state index contributed by atoms with van der Waals surface area (Å²) >= 11 is 0. The van der Waals surface area contributed by atoms with E-state index in [1.54, 1.807) is 0 Å². The Morgan fingerprint density at radius 2 is 0.944 bits per heavy atom. The van der Waals surface area contributed by atoms with E-state index in [-0.39, 0.29) is 0 Å². The van der Waals surface area contributed by atoms with Crippen LogP contribution in [-0.2, 0) is 0 Å². The van der Waals surface area contributed by atoms with E-state index in [2.05, 4.69) is 44.2 Å². The molecule has 36 heavy (non-hydrogen) atoms. The highest BCUT2D eigenvalue weighted by Gasteiger charge is 2.11. The summed E-state index contributed by atoms with van der Waals surface area (Å²) in [5.41, 5.74) is 0.621. The van der Waals surface area contributed by atoms with Gasteiger partial charge in [0.1, 0.15) is 0 Å². The Hall–Kier alpha value is -5.52. The number of carbonyl (C=O) groups is 4. The third-order valence-electron chi connectivity index (χ3n) is 4.23. The predicted octanol–water partition coefficient (Wildman–Crippen LogP) is -0.732. The second-order valence-corrected chi connectivity index (χ2v) is 6.56. The van der Waals surface area contributed by atoms with Gasteiger partial charge in [-0.3, -0.25) is 0 Å². The van der Waals surface area contributed by atoms with Gasteiger partial charge in [-0.15, -0.1) is 0 Å². The van der Waals surface area contributed by atoms with Crippen LogP contribution < -0.4 is 20.2 Å². The summed E-state index contributed by atoms with van der Waals surface area (Å²) in [6, 6.07) is 13.1. The molecule has 0 aliphatic rings. The van der Waals surface area contributed by atoms with Crippen molar-refractivity contribution >= 4 is 23.9 Å². The van der Waals surface area contributed by atoms with Crippen molar-refractivity contribution in [2.75, 3.05) is 0 Å². The van der Waals surface area contributed by atoms with Gasteiger partial charge in [0, 0.05) is 47.8 Å². The number of carboxylic acids is 4. The summed E-state index contributed by atoms with van der Waals surface area (Å²) in [7, 11) is 0. The first kappa shape index (κ1) is 26.7. The molecule has 4 rings (SSSR count). The lowest BCUT2D eigenvalue weighted by molar-refractivity contribution is -0.378. The monoisotopic (exact) mass is 490 g/mol. The lowest BCUT2D eigenvalue weighted by Gasteiger charge is -2.03. The van der Waals surface area contributed by atoms with E-state index in [1.807, 2.05) is 24.8 Å². The van der Waals surface area contributed by atoms with Crippen LogP contribution >= 0.6 is 0 Å². The minimum absolute atomic E-state index is 0.412. The zero-order valence-electron chi connectivity index (χ0n) is 18.3. The number of nitrogens with zero attached hydrogens (tertiary/aromatic N) is 2. The lowest BCUT2D eigenvalue weighted by atomic mass is 10.1. The fourth-order valence-electron chi connectivity index (χ4n) is 2.64. The minimum Gasteiger partial charge on any atom is -0.545 e. The maximum atomic E-state index is 10.4. The average molecular weight is 490 g/mol. The molecule has 0 bridgehead atoms. The topological polar surface area (TPSA) is 209 Å². The number of carboxylic acid groups (broad SMARTS) is 4. The molecule has 4 aromatic heterocycles. The lowest BCUT2D eigenvalue weighted by Crippen LogP contribution is -2.25. The summed E-state index contributed by atoms with van der Waals surface area (Å²) < 4.78 is 0. The van der Waals surface area contributed by atoms with Gasteiger partial charge in [-0.05, 0) is 35.4 Å². The van der Waals surface area contributed by atoms with Crippen LogP contribution in [0.25, 0.3) is 11.1 Å². The van der Waals surface area contributed by atoms with Crippen LogP contribution in [0.3, 0.4) is 0 Å². The Labute approximate surface area is 203 Å². The van der Waals surface area contributed by atoms with E-state index in [9.17, 15) is 29.4 Å². The van der Waals surface area contributed by atoms with Gasteiger partial charge < -0.3 is 30.0 Å². The first-order valence-electron chi connectivity index (χ1n) is 9.94. The van der Waals surface area contributed by atoms with Crippen LogP contribution in [0, 0.1) is 0 Å². The second kappa shape index (κ2) is 13.3. The number of H-pyrrole nitrogens is 2. The van der Waals surface area contributed by atoms with Gasteiger partial charge in [0.15, 0.2) is 36.2 Å². The Morgan fingerprint density at radius 1 is 0.611 bits per heavy atom. The normalized spacial score (nSPS) is 9.44. The van der Waals surface area contributed by atoms with Crippen LogP contribution in [0.4, 0.5) is 0 Å². The minimum atomic E-state index is -1.54. The smallest absolute Gasteiger partial charge is 0.355 e. The maximum Gasteiger partial charge on any atom is 0.355 e. The van der Waals surface area contributed by atoms with Gasteiger partial charge in [0.25, 0.3) is 0 Å². The van der Waals surface area contributed by atoms with Gasteiger partial charge in [0.2, 0.25) is 0 Å². The largest absolute Gasteiger partial charge is 0.545 e. The number of aromatic carboxylic acids is 4. The SMILES string of the molecule is O=C([O-])c1cccnc1C(=O)O.O=C([O-])c1cccnc1C(=O)O.c1cc(-c2cc[nH+]cc2)cc[nH+]1. The van der Waals surface area contributed by atoms with Crippen molar-refractivity contribution < 1.29 is 49.6 Å². The highest BCUT2D eigenvalue weighted by Crippen LogP contribution is 2.14. The fourth-order valence-corrected chi connectivity index (χ4v) is 2.64. The van der Waals surface area contributed by atoms with Crippen LogP contribution in [0.2, 0.25) is 0 Å². The molecular formula is C24H18N4O8. The van der Waals surface area contributed by atoms with Crippen molar-refractivity contribution in [3.63, 3.8) is 0 Å². The second-order valence-electron chi connectivity index (χ2n) is 6.56. The number of aromatic nitrogens is 4. The van der Waals surface area contributed by atoms with Crippen LogP contribution in [0.5, 0.6) is 0 Å². The molecule has 4 N–H and O–H groups in total. The van der Waals surface area contributed by atoms with Gasteiger partial charge in [0.05, 0.1) is 11.9 Å². The number of hydrogen-bond donors (Lipinski definition) is 2. The molecule has 0 saturated heterocycles. The summed E-state index contributed by atoms with van der Waals surface area (Å²) in [6.45, 7) is 0. The number of hydrogen-bond acceptors (Lipinski definition) is 8. The quantitative estimate of drug-likeness (QED) is 0.358. The molecule has 0 spiro atoms. The van der Waals surface area contributed by atoms with Crippen molar-refractivity contribution in [2.24, 2.45) is 0 Å². The van der Waals surface area contributed by atoms with Gasteiger partial charge in [-0.25, -0.2) is 29.5 Å². The number of nitrogens with one attached hydrogen (secondary N) is 2. The summed E-state index contributed by atoms with van der Waals surface area (Å²) in [5, 5.41) is 37.5. The summed E-state index contributed by atoms with van der Waals surface area (Å²) in [5.74, 6) is -5.84. The van der Waals surface area contributed by atoms with E-state index in [4.69, 9.17) is 10.2 Å². The number of pyridine rings is 4. The zero-order chi connectivity index (χ0) is 26.5. The molecule has 182 valence electrons. The van der Waals surface area contributed by atoms with E-state index in [0.717, 1.165) is 12.1 Å². The highest BCUT2D eigenvalue weighted by atomic mass is 16.4. The molecular weight excluding hydrogens is 472 g/mol. The molecule has 4 heterocycles.